The molecule has 0 amide bonds. The average Bonchev–Trinajstić information content (AvgIpc) is 2.27. The van der Waals surface area contributed by atoms with Gasteiger partial charge in [-0.15, -0.1) is 5.14 Å². The fourth-order valence-electron chi connectivity index (χ4n) is 2.07. The van der Waals surface area contributed by atoms with Crippen LogP contribution in [0.3, 0.4) is 0 Å². The van der Waals surface area contributed by atoms with E-state index in [-0.39, 0.29) is 4.90 Å². The number of hydrogen-bond acceptors (Lipinski definition) is 2. The smallest absolute Gasteiger partial charge is 0.206 e. The second-order valence-corrected chi connectivity index (χ2v) is 5.44. The van der Waals surface area contributed by atoms with Gasteiger partial charge in [0.2, 0.25) is 0 Å². The number of benzene rings is 2. The molecule has 0 heterocycles. The summed E-state index contributed by atoms with van der Waals surface area (Å²) in [6.45, 7) is 2.00. The van der Waals surface area contributed by atoms with E-state index in [2.05, 4.69) is 0 Å². The number of aryl methyl sites for hydroxylation is 1. The van der Waals surface area contributed by atoms with Gasteiger partial charge in [0.15, 0.2) is 0 Å². The van der Waals surface area contributed by atoms with Gasteiger partial charge >= 0.3 is 0 Å². The SMILES string of the molecule is CCCc1ccc2ccccc2c1S([NH])(=O)=O. The minimum absolute atomic E-state index is 0.164. The second kappa shape index (κ2) is 4.47. The molecule has 0 aliphatic carbocycles. The minimum atomic E-state index is -3.93. The molecule has 3 nitrogen and oxygen atoms in total. The summed E-state index contributed by atoms with van der Waals surface area (Å²) >= 11 is 0. The Morgan fingerprint density at radius 2 is 1.82 bits per heavy atom. The first-order valence-electron chi connectivity index (χ1n) is 5.54. The van der Waals surface area contributed by atoms with Crippen LogP contribution < -0.4 is 5.14 Å². The Balaban J connectivity index is 2.85. The van der Waals surface area contributed by atoms with E-state index >= 15 is 0 Å². The number of sulfonamides is 1. The molecule has 0 atom stereocenters. The van der Waals surface area contributed by atoms with Gasteiger partial charge in [-0.1, -0.05) is 49.7 Å². The fraction of sp³-hybridized carbons (Fsp3) is 0.231. The van der Waals surface area contributed by atoms with Crippen LogP contribution in [0.15, 0.2) is 41.3 Å². The molecule has 1 radical (unpaired) electrons. The van der Waals surface area contributed by atoms with E-state index in [1.54, 1.807) is 12.1 Å². The van der Waals surface area contributed by atoms with Crippen LogP contribution in [0.25, 0.3) is 10.8 Å². The van der Waals surface area contributed by atoms with Crippen molar-refractivity contribution in [2.45, 2.75) is 24.7 Å². The van der Waals surface area contributed by atoms with Gasteiger partial charge < -0.3 is 0 Å². The zero-order valence-electron chi connectivity index (χ0n) is 9.60. The molecule has 0 aromatic heterocycles. The normalized spacial score (nSPS) is 11.9. The summed E-state index contributed by atoms with van der Waals surface area (Å²) in [7, 11) is -3.93. The third kappa shape index (κ3) is 2.33. The third-order valence-electron chi connectivity index (χ3n) is 2.75. The van der Waals surface area contributed by atoms with E-state index in [1.807, 2.05) is 31.2 Å². The van der Waals surface area contributed by atoms with Crippen molar-refractivity contribution < 1.29 is 8.42 Å². The number of rotatable bonds is 3. The molecule has 0 saturated carbocycles. The standard InChI is InChI=1S/C13H14NO2S/c1-2-5-11-9-8-10-6-3-4-7-12(10)13(11)17(14,15)16/h3-4,6-9,14H,2,5H2,1H3. The van der Waals surface area contributed by atoms with Crippen molar-refractivity contribution in [3.63, 3.8) is 0 Å². The van der Waals surface area contributed by atoms with Gasteiger partial charge in [-0.3, -0.25) is 0 Å². The van der Waals surface area contributed by atoms with E-state index in [4.69, 9.17) is 5.14 Å². The van der Waals surface area contributed by atoms with Gasteiger partial charge in [0.25, 0.3) is 10.0 Å². The maximum Gasteiger partial charge on any atom is 0.255 e. The van der Waals surface area contributed by atoms with Gasteiger partial charge in [0, 0.05) is 5.39 Å². The lowest BCUT2D eigenvalue weighted by Gasteiger charge is -2.10. The molecule has 0 saturated heterocycles. The maximum absolute atomic E-state index is 11.6. The Morgan fingerprint density at radius 3 is 2.47 bits per heavy atom. The zero-order chi connectivity index (χ0) is 12.5. The Labute approximate surface area is 101 Å². The lowest BCUT2D eigenvalue weighted by Crippen LogP contribution is -2.06. The van der Waals surface area contributed by atoms with Crippen molar-refractivity contribution in [1.82, 2.24) is 5.14 Å². The molecule has 1 N–H and O–H groups in total. The number of fused-ring (bicyclic) bond motifs is 1. The van der Waals surface area contributed by atoms with Crippen molar-refractivity contribution in [1.29, 1.82) is 0 Å². The lowest BCUT2D eigenvalue weighted by molar-refractivity contribution is 0.596. The van der Waals surface area contributed by atoms with Crippen LogP contribution in [0.2, 0.25) is 0 Å². The molecular weight excluding hydrogens is 234 g/mol. The van der Waals surface area contributed by atoms with Gasteiger partial charge in [-0.25, -0.2) is 8.42 Å². The predicted molar refractivity (Wildman–Crippen MR) is 68.2 cm³/mol. The van der Waals surface area contributed by atoms with E-state index in [0.717, 1.165) is 17.4 Å². The van der Waals surface area contributed by atoms with Crippen LogP contribution in [0, 0.1) is 0 Å². The predicted octanol–water partition coefficient (Wildman–Crippen LogP) is 2.76. The van der Waals surface area contributed by atoms with Crippen LogP contribution in [0.1, 0.15) is 18.9 Å². The third-order valence-corrected chi connectivity index (χ3v) is 3.77. The van der Waals surface area contributed by atoms with Crippen LogP contribution in [-0.2, 0) is 16.4 Å². The van der Waals surface area contributed by atoms with Crippen molar-refractivity contribution >= 4 is 20.8 Å². The van der Waals surface area contributed by atoms with Crippen molar-refractivity contribution in [2.75, 3.05) is 0 Å². The van der Waals surface area contributed by atoms with E-state index in [0.29, 0.717) is 11.8 Å². The molecule has 0 unspecified atom stereocenters. The molecule has 2 aromatic carbocycles. The molecule has 4 heteroatoms. The molecule has 2 rings (SSSR count). The first-order chi connectivity index (χ1) is 8.04. The highest BCUT2D eigenvalue weighted by Crippen LogP contribution is 2.27. The van der Waals surface area contributed by atoms with E-state index < -0.39 is 10.0 Å². The van der Waals surface area contributed by atoms with Gasteiger partial charge in [-0.2, -0.15) is 0 Å². The van der Waals surface area contributed by atoms with Crippen LogP contribution >= 0.6 is 0 Å². The molecule has 0 fully saturated rings. The molecule has 2 aromatic rings. The molecule has 89 valence electrons. The van der Waals surface area contributed by atoms with Crippen LogP contribution in [-0.4, -0.2) is 8.42 Å². The molecular formula is C13H14NO2S. The number of nitrogens with one attached hydrogen (secondary N) is 1. The van der Waals surface area contributed by atoms with Gasteiger partial charge in [0.05, 0.1) is 4.90 Å². The van der Waals surface area contributed by atoms with Crippen molar-refractivity contribution in [3.05, 3.63) is 42.0 Å². The van der Waals surface area contributed by atoms with Gasteiger partial charge in [0.1, 0.15) is 0 Å². The summed E-state index contributed by atoms with van der Waals surface area (Å²) in [6, 6.07) is 11.0. The quantitative estimate of drug-likeness (QED) is 0.838. The highest BCUT2D eigenvalue weighted by atomic mass is 32.2. The Kier molecular flexibility index (Phi) is 3.17. The highest BCUT2D eigenvalue weighted by molar-refractivity contribution is 7.89. The number of hydrogen-bond donors (Lipinski definition) is 0. The monoisotopic (exact) mass is 248 g/mol. The summed E-state index contributed by atoms with van der Waals surface area (Å²) in [5, 5.41) is 8.85. The molecule has 0 spiro atoms. The van der Waals surface area contributed by atoms with Crippen LogP contribution in [0.5, 0.6) is 0 Å². The first kappa shape index (κ1) is 12.1. The van der Waals surface area contributed by atoms with Gasteiger partial charge in [-0.05, 0) is 17.4 Å². The highest BCUT2D eigenvalue weighted by Gasteiger charge is 2.17. The van der Waals surface area contributed by atoms with E-state index in [9.17, 15) is 8.42 Å². The van der Waals surface area contributed by atoms with E-state index in [1.165, 1.54) is 0 Å². The minimum Gasteiger partial charge on any atom is -0.206 e. The Bertz CT molecular complexity index is 648. The largest absolute Gasteiger partial charge is 0.255 e. The van der Waals surface area contributed by atoms with Crippen molar-refractivity contribution in [3.8, 4) is 0 Å². The summed E-state index contributed by atoms with van der Waals surface area (Å²) < 4.78 is 23.2. The fourth-order valence-corrected chi connectivity index (χ4v) is 3.06. The zero-order valence-corrected chi connectivity index (χ0v) is 10.4. The van der Waals surface area contributed by atoms with Crippen LogP contribution in [0.4, 0.5) is 0 Å². The lowest BCUT2D eigenvalue weighted by atomic mass is 10.0. The molecule has 17 heavy (non-hydrogen) atoms. The second-order valence-electron chi connectivity index (χ2n) is 4.03. The summed E-state index contributed by atoms with van der Waals surface area (Å²) in [6.07, 6.45) is 1.54. The summed E-state index contributed by atoms with van der Waals surface area (Å²) in [5.74, 6) is 0. The topological polar surface area (TPSA) is 57.9 Å². The summed E-state index contributed by atoms with van der Waals surface area (Å²) in [4.78, 5) is 0.164. The maximum atomic E-state index is 11.6. The molecule has 0 aliphatic rings. The average molecular weight is 248 g/mol. The van der Waals surface area contributed by atoms with Crippen molar-refractivity contribution in [2.24, 2.45) is 0 Å². The Hall–Kier alpha value is -1.39. The Morgan fingerprint density at radius 1 is 1.12 bits per heavy atom. The first-order valence-corrected chi connectivity index (χ1v) is 7.02. The molecule has 0 aliphatic heterocycles. The summed E-state index contributed by atoms with van der Waals surface area (Å²) in [5.41, 5.74) is 0.737. The molecule has 0 bridgehead atoms.